The van der Waals surface area contributed by atoms with Crippen molar-refractivity contribution in [3.63, 3.8) is 0 Å². The third-order valence-electron chi connectivity index (χ3n) is 3.42. The fourth-order valence-corrected chi connectivity index (χ4v) is 2.44. The number of piperidine rings is 1. The summed E-state index contributed by atoms with van der Waals surface area (Å²) < 4.78 is 13.3. The molecule has 0 radical (unpaired) electrons. The topological polar surface area (TPSA) is 29.1 Å². The summed E-state index contributed by atoms with van der Waals surface area (Å²) in [5.74, 6) is -0.340. The third-order valence-corrected chi connectivity index (χ3v) is 3.42. The van der Waals surface area contributed by atoms with Crippen molar-refractivity contribution in [1.29, 1.82) is 0 Å². The van der Waals surface area contributed by atoms with E-state index in [4.69, 9.17) is 0 Å². The molecule has 1 aromatic rings. The lowest BCUT2D eigenvalue weighted by molar-refractivity contribution is 0.0834. The first-order valence-electron chi connectivity index (χ1n) is 6.08. The van der Waals surface area contributed by atoms with E-state index in [2.05, 4.69) is 5.32 Å². The number of rotatable bonds is 2. The van der Waals surface area contributed by atoms with Gasteiger partial charge in [0.1, 0.15) is 5.82 Å². The van der Waals surface area contributed by atoms with E-state index in [1.807, 2.05) is 6.92 Å². The zero-order chi connectivity index (χ0) is 12.5. The Morgan fingerprint density at radius 2 is 2.12 bits per heavy atom. The first kappa shape index (κ1) is 12.2. The van der Waals surface area contributed by atoms with E-state index in [1.165, 1.54) is 12.1 Å². The summed E-state index contributed by atoms with van der Waals surface area (Å²) >= 11 is 0. The van der Waals surface area contributed by atoms with Gasteiger partial charge in [0.25, 0.3) is 0 Å². The van der Waals surface area contributed by atoms with Gasteiger partial charge in [0, 0.05) is 5.56 Å². The van der Waals surface area contributed by atoms with Gasteiger partial charge in [-0.25, -0.2) is 4.39 Å². The van der Waals surface area contributed by atoms with Crippen molar-refractivity contribution in [3.05, 3.63) is 35.1 Å². The van der Waals surface area contributed by atoms with Crippen molar-refractivity contribution in [3.8, 4) is 0 Å². The molecule has 1 aliphatic rings. The van der Waals surface area contributed by atoms with Crippen LogP contribution >= 0.6 is 0 Å². The molecule has 1 N–H and O–H groups in total. The van der Waals surface area contributed by atoms with Crippen molar-refractivity contribution in [1.82, 2.24) is 5.32 Å². The minimum absolute atomic E-state index is 0.000185. The smallest absolute Gasteiger partial charge is 0.182 e. The lowest BCUT2D eigenvalue weighted by Gasteiger charge is -2.33. The van der Waals surface area contributed by atoms with Gasteiger partial charge >= 0.3 is 0 Å². The second-order valence-corrected chi connectivity index (χ2v) is 5.06. The Bertz CT molecular complexity index is 416. The normalized spacial score (nSPS) is 24.6. The van der Waals surface area contributed by atoms with Crippen LogP contribution in [-0.2, 0) is 0 Å². The Morgan fingerprint density at radius 3 is 2.71 bits per heavy atom. The Morgan fingerprint density at radius 1 is 1.35 bits per heavy atom. The molecule has 1 aliphatic heterocycles. The van der Waals surface area contributed by atoms with Crippen LogP contribution in [-0.4, -0.2) is 17.9 Å². The standard InChI is InChI=1S/C14H18FNO/c1-10-7-11(9-12(15)8-10)13(17)14(2)5-3-4-6-16-14/h7-9,16H,3-6H2,1-2H3. The van der Waals surface area contributed by atoms with Crippen LogP contribution in [0, 0.1) is 12.7 Å². The second-order valence-electron chi connectivity index (χ2n) is 5.06. The SMILES string of the molecule is Cc1cc(F)cc(C(=O)C2(C)CCCCN2)c1. The summed E-state index contributed by atoms with van der Waals surface area (Å²) in [5, 5.41) is 3.26. The number of benzene rings is 1. The van der Waals surface area contributed by atoms with Gasteiger partial charge < -0.3 is 5.32 Å². The molecule has 2 rings (SSSR count). The fourth-order valence-electron chi connectivity index (χ4n) is 2.44. The predicted molar refractivity (Wildman–Crippen MR) is 65.7 cm³/mol. The lowest BCUT2D eigenvalue weighted by atomic mass is 9.83. The molecule has 1 fully saturated rings. The average Bonchev–Trinajstić information content (AvgIpc) is 2.27. The van der Waals surface area contributed by atoms with Gasteiger partial charge in [0.15, 0.2) is 5.78 Å². The highest BCUT2D eigenvalue weighted by Crippen LogP contribution is 2.24. The number of carbonyl (C=O) groups is 1. The van der Waals surface area contributed by atoms with Gasteiger partial charge in [-0.3, -0.25) is 4.79 Å². The van der Waals surface area contributed by atoms with E-state index >= 15 is 0 Å². The second kappa shape index (κ2) is 4.57. The van der Waals surface area contributed by atoms with Crippen molar-refractivity contribution >= 4 is 5.78 Å². The number of carbonyl (C=O) groups excluding carboxylic acids is 1. The molecule has 2 nitrogen and oxygen atoms in total. The number of ketones is 1. The van der Waals surface area contributed by atoms with Crippen LogP contribution in [0.15, 0.2) is 18.2 Å². The van der Waals surface area contributed by atoms with Gasteiger partial charge in [0.2, 0.25) is 0 Å². The molecule has 0 saturated carbocycles. The summed E-state index contributed by atoms with van der Waals surface area (Å²) in [5.41, 5.74) is 0.727. The summed E-state index contributed by atoms with van der Waals surface area (Å²) in [4.78, 5) is 12.4. The van der Waals surface area contributed by atoms with E-state index in [1.54, 1.807) is 13.0 Å². The van der Waals surface area contributed by atoms with Crippen LogP contribution in [0.2, 0.25) is 0 Å². The molecule has 0 spiro atoms. The van der Waals surface area contributed by atoms with Gasteiger partial charge in [-0.1, -0.05) is 0 Å². The van der Waals surface area contributed by atoms with Crippen LogP contribution in [0.4, 0.5) is 4.39 Å². The van der Waals surface area contributed by atoms with Gasteiger partial charge in [-0.05, 0) is 63.4 Å². The zero-order valence-corrected chi connectivity index (χ0v) is 10.3. The molecule has 1 aromatic carbocycles. The molecule has 0 aliphatic carbocycles. The number of halogens is 1. The maximum absolute atomic E-state index is 13.3. The average molecular weight is 235 g/mol. The van der Waals surface area contributed by atoms with E-state index < -0.39 is 5.54 Å². The molecule has 92 valence electrons. The largest absolute Gasteiger partial charge is 0.305 e. The summed E-state index contributed by atoms with van der Waals surface area (Å²) in [7, 11) is 0. The van der Waals surface area contributed by atoms with Crippen molar-refractivity contribution in [2.24, 2.45) is 0 Å². The number of hydrogen-bond acceptors (Lipinski definition) is 2. The first-order chi connectivity index (χ1) is 8.01. The minimum atomic E-state index is -0.529. The van der Waals surface area contributed by atoms with Gasteiger partial charge in [-0.2, -0.15) is 0 Å². The number of Topliss-reactive ketones (excluding diaryl/α,β-unsaturated/α-hetero) is 1. The molecule has 1 heterocycles. The first-order valence-corrected chi connectivity index (χ1v) is 6.08. The van der Waals surface area contributed by atoms with Crippen molar-refractivity contribution in [2.75, 3.05) is 6.54 Å². The maximum Gasteiger partial charge on any atom is 0.182 e. The quantitative estimate of drug-likeness (QED) is 0.799. The number of aryl methyl sites for hydroxylation is 1. The Hall–Kier alpha value is -1.22. The molecule has 1 saturated heterocycles. The van der Waals surface area contributed by atoms with E-state index in [9.17, 15) is 9.18 Å². The van der Waals surface area contributed by atoms with Crippen LogP contribution in [0.5, 0.6) is 0 Å². The Labute approximate surface area is 101 Å². The van der Waals surface area contributed by atoms with Crippen LogP contribution in [0.25, 0.3) is 0 Å². The van der Waals surface area contributed by atoms with E-state index in [0.717, 1.165) is 31.4 Å². The monoisotopic (exact) mass is 235 g/mol. The van der Waals surface area contributed by atoms with Gasteiger partial charge in [-0.15, -0.1) is 0 Å². The predicted octanol–water partition coefficient (Wildman–Crippen LogP) is 2.85. The van der Waals surface area contributed by atoms with Crippen LogP contribution in [0.1, 0.15) is 42.1 Å². The summed E-state index contributed by atoms with van der Waals surface area (Å²) in [6.45, 7) is 4.57. The molecular weight excluding hydrogens is 217 g/mol. The Kier molecular flexibility index (Phi) is 3.29. The summed E-state index contributed by atoms with van der Waals surface area (Å²) in [6, 6.07) is 4.53. The highest BCUT2D eigenvalue weighted by Gasteiger charge is 2.34. The van der Waals surface area contributed by atoms with Gasteiger partial charge in [0.05, 0.1) is 5.54 Å². The molecule has 0 bridgehead atoms. The Balaban J connectivity index is 2.29. The summed E-state index contributed by atoms with van der Waals surface area (Å²) in [6.07, 6.45) is 2.97. The highest BCUT2D eigenvalue weighted by molar-refractivity contribution is 6.03. The fraction of sp³-hybridized carbons (Fsp3) is 0.500. The van der Waals surface area contributed by atoms with E-state index in [-0.39, 0.29) is 11.6 Å². The van der Waals surface area contributed by atoms with Crippen molar-refractivity contribution in [2.45, 2.75) is 38.6 Å². The third kappa shape index (κ3) is 2.55. The van der Waals surface area contributed by atoms with E-state index in [0.29, 0.717) is 5.56 Å². The molecular formula is C14H18FNO. The zero-order valence-electron chi connectivity index (χ0n) is 10.3. The lowest BCUT2D eigenvalue weighted by Crippen LogP contribution is -2.52. The molecule has 0 amide bonds. The molecule has 17 heavy (non-hydrogen) atoms. The van der Waals surface area contributed by atoms with Crippen LogP contribution < -0.4 is 5.32 Å². The maximum atomic E-state index is 13.3. The molecule has 0 aromatic heterocycles. The molecule has 1 unspecified atom stereocenters. The molecule has 1 atom stereocenters. The molecule has 3 heteroatoms. The number of nitrogens with one attached hydrogen (secondary N) is 1. The number of hydrogen-bond donors (Lipinski definition) is 1. The highest BCUT2D eigenvalue weighted by atomic mass is 19.1. The van der Waals surface area contributed by atoms with Crippen molar-refractivity contribution < 1.29 is 9.18 Å². The minimum Gasteiger partial charge on any atom is -0.305 e. The van der Waals surface area contributed by atoms with Crippen LogP contribution in [0.3, 0.4) is 0 Å².